The van der Waals surface area contributed by atoms with Crippen molar-refractivity contribution in [3.63, 3.8) is 0 Å². The molecule has 1 rings (SSSR count). The first-order valence-electron chi connectivity index (χ1n) is 5.48. The Morgan fingerprint density at radius 3 is 2.63 bits per heavy atom. The van der Waals surface area contributed by atoms with E-state index in [1.165, 1.54) is 19.2 Å². The summed E-state index contributed by atoms with van der Waals surface area (Å²) in [4.78, 5) is 10.5. The Balaban J connectivity index is 3.13. The number of rotatable bonds is 5. The lowest BCUT2D eigenvalue weighted by Crippen LogP contribution is -2.29. The van der Waals surface area contributed by atoms with Crippen molar-refractivity contribution in [1.82, 2.24) is 4.31 Å². The van der Waals surface area contributed by atoms with Gasteiger partial charge < -0.3 is 5.11 Å². The molecule has 0 atom stereocenters. The van der Waals surface area contributed by atoms with E-state index in [1.807, 2.05) is 6.07 Å². The van der Waals surface area contributed by atoms with Crippen molar-refractivity contribution in [2.24, 2.45) is 0 Å². The highest BCUT2D eigenvalue weighted by Gasteiger charge is 2.23. The molecule has 0 unspecified atom stereocenters. The van der Waals surface area contributed by atoms with Crippen LogP contribution >= 0.6 is 0 Å². The average molecular weight is 282 g/mol. The first kappa shape index (κ1) is 15.1. The summed E-state index contributed by atoms with van der Waals surface area (Å²) in [6, 6.07) is 6.26. The fourth-order valence-corrected chi connectivity index (χ4v) is 2.91. The van der Waals surface area contributed by atoms with Crippen LogP contribution < -0.4 is 0 Å². The molecule has 0 spiro atoms. The number of nitrogens with zero attached hydrogens (tertiary/aromatic N) is 2. The summed E-state index contributed by atoms with van der Waals surface area (Å²) in [6.07, 6.45) is -0.271. The van der Waals surface area contributed by atoms with Gasteiger partial charge in [0.05, 0.1) is 22.9 Å². The number of nitriles is 1. The number of benzene rings is 1. The van der Waals surface area contributed by atoms with Crippen LogP contribution in [0.3, 0.4) is 0 Å². The van der Waals surface area contributed by atoms with Crippen molar-refractivity contribution >= 4 is 16.0 Å². The van der Waals surface area contributed by atoms with Crippen LogP contribution in [-0.2, 0) is 14.8 Å². The maximum atomic E-state index is 12.3. The molecule has 1 N–H and O–H groups in total. The van der Waals surface area contributed by atoms with Gasteiger partial charge in [0.1, 0.15) is 0 Å². The summed E-state index contributed by atoms with van der Waals surface area (Å²) < 4.78 is 25.5. The fraction of sp³-hybridized carbons (Fsp3) is 0.333. The number of carboxylic acid groups (broad SMARTS) is 1. The molecule has 0 fully saturated rings. The van der Waals surface area contributed by atoms with Crippen molar-refractivity contribution in [2.45, 2.75) is 18.2 Å². The highest BCUT2D eigenvalue weighted by atomic mass is 32.2. The van der Waals surface area contributed by atoms with Gasteiger partial charge in [0.2, 0.25) is 10.0 Å². The number of aliphatic carboxylic acids is 1. The first-order valence-corrected chi connectivity index (χ1v) is 6.92. The molecule has 0 aliphatic carbocycles. The van der Waals surface area contributed by atoms with Crippen LogP contribution in [-0.4, -0.2) is 37.4 Å². The van der Waals surface area contributed by atoms with Gasteiger partial charge >= 0.3 is 5.97 Å². The molecule has 0 amide bonds. The van der Waals surface area contributed by atoms with Crippen LogP contribution in [0.25, 0.3) is 0 Å². The van der Waals surface area contributed by atoms with Gasteiger partial charge in [-0.25, -0.2) is 12.7 Å². The molecule has 0 saturated carbocycles. The second kappa shape index (κ2) is 5.82. The number of hydrogen-bond donors (Lipinski definition) is 1. The second-order valence-electron chi connectivity index (χ2n) is 4.06. The first-order chi connectivity index (χ1) is 8.78. The van der Waals surface area contributed by atoms with Crippen LogP contribution in [0.2, 0.25) is 0 Å². The molecule has 0 aliphatic rings. The van der Waals surface area contributed by atoms with E-state index in [1.54, 1.807) is 13.0 Å². The lowest BCUT2D eigenvalue weighted by Gasteiger charge is -2.17. The molecular formula is C12H14N2O4S. The smallest absolute Gasteiger partial charge is 0.304 e. The minimum absolute atomic E-state index is 0.0273. The van der Waals surface area contributed by atoms with Gasteiger partial charge in [-0.15, -0.1) is 0 Å². The van der Waals surface area contributed by atoms with E-state index in [0.717, 1.165) is 4.31 Å². The van der Waals surface area contributed by atoms with Crippen molar-refractivity contribution in [3.05, 3.63) is 29.3 Å². The second-order valence-corrected chi connectivity index (χ2v) is 6.08. The standard InChI is InChI=1S/C12H14N2O4S/c1-9-3-4-10(8-13)7-11(9)19(17,18)14(2)6-5-12(15)16/h3-4,7H,5-6H2,1-2H3,(H,15,16). The van der Waals surface area contributed by atoms with Crippen molar-refractivity contribution in [3.8, 4) is 6.07 Å². The van der Waals surface area contributed by atoms with E-state index in [4.69, 9.17) is 10.4 Å². The summed E-state index contributed by atoms with van der Waals surface area (Å²) in [5, 5.41) is 17.4. The SMILES string of the molecule is Cc1ccc(C#N)cc1S(=O)(=O)N(C)CCC(=O)O. The Bertz CT molecular complexity index is 632. The van der Waals surface area contributed by atoms with Gasteiger partial charge in [-0.3, -0.25) is 4.79 Å². The molecule has 1 aromatic rings. The highest BCUT2D eigenvalue weighted by Crippen LogP contribution is 2.20. The molecule has 0 bridgehead atoms. The Hall–Kier alpha value is -1.91. The number of aryl methyl sites for hydroxylation is 1. The van der Waals surface area contributed by atoms with E-state index < -0.39 is 16.0 Å². The topological polar surface area (TPSA) is 98.5 Å². The minimum Gasteiger partial charge on any atom is -0.481 e. The predicted octanol–water partition coefficient (Wildman–Crippen LogP) is 0.962. The summed E-state index contributed by atoms with van der Waals surface area (Å²) in [6.45, 7) is 1.51. The number of carboxylic acids is 1. The summed E-state index contributed by atoms with van der Waals surface area (Å²) in [5.41, 5.74) is 0.761. The molecule has 0 aromatic heterocycles. The van der Waals surface area contributed by atoms with Crippen LogP contribution in [0, 0.1) is 18.3 Å². The maximum absolute atomic E-state index is 12.3. The third kappa shape index (κ3) is 3.53. The maximum Gasteiger partial charge on any atom is 0.304 e. The highest BCUT2D eigenvalue weighted by molar-refractivity contribution is 7.89. The van der Waals surface area contributed by atoms with Crippen LogP contribution in [0.4, 0.5) is 0 Å². The summed E-state index contributed by atoms with van der Waals surface area (Å²) in [7, 11) is -2.46. The lowest BCUT2D eigenvalue weighted by molar-refractivity contribution is -0.137. The largest absolute Gasteiger partial charge is 0.481 e. The predicted molar refractivity (Wildman–Crippen MR) is 68.0 cm³/mol. The monoisotopic (exact) mass is 282 g/mol. The molecule has 0 saturated heterocycles. The third-order valence-electron chi connectivity index (χ3n) is 2.65. The van der Waals surface area contributed by atoms with Gasteiger partial charge in [-0.1, -0.05) is 6.07 Å². The molecule has 19 heavy (non-hydrogen) atoms. The van der Waals surface area contributed by atoms with E-state index >= 15 is 0 Å². The fourth-order valence-electron chi connectivity index (χ4n) is 1.49. The molecule has 1 aromatic carbocycles. The summed E-state index contributed by atoms with van der Waals surface area (Å²) in [5.74, 6) is -1.07. The number of carbonyl (C=O) groups is 1. The zero-order chi connectivity index (χ0) is 14.6. The Labute approximate surface area is 111 Å². The Kier molecular flexibility index (Phi) is 4.64. The minimum atomic E-state index is -3.78. The Morgan fingerprint density at radius 2 is 2.11 bits per heavy atom. The van der Waals surface area contributed by atoms with Gasteiger partial charge in [0, 0.05) is 13.6 Å². The van der Waals surface area contributed by atoms with E-state index in [0.29, 0.717) is 5.56 Å². The molecule has 0 radical (unpaired) electrons. The van der Waals surface area contributed by atoms with Crippen LogP contribution in [0.15, 0.2) is 23.1 Å². The molecular weight excluding hydrogens is 268 g/mol. The molecule has 0 aliphatic heterocycles. The number of sulfonamides is 1. The van der Waals surface area contributed by atoms with Gasteiger partial charge in [-0.2, -0.15) is 5.26 Å². The van der Waals surface area contributed by atoms with Crippen molar-refractivity contribution in [2.75, 3.05) is 13.6 Å². The normalized spacial score (nSPS) is 11.3. The third-order valence-corrected chi connectivity index (χ3v) is 4.64. The zero-order valence-corrected chi connectivity index (χ0v) is 11.4. The number of hydrogen-bond acceptors (Lipinski definition) is 4. The van der Waals surface area contributed by atoms with Gasteiger partial charge in [0.25, 0.3) is 0 Å². The van der Waals surface area contributed by atoms with E-state index in [9.17, 15) is 13.2 Å². The van der Waals surface area contributed by atoms with Gasteiger partial charge in [-0.05, 0) is 24.6 Å². The van der Waals surface area contributed by atoms with Crippen molar-refractivity contribution < 1.29 is 18.3 Å². The molecule has 6 nitrogen and oxygen atoms in total. The quantitative estimate of drug-likeness (QED) is 0.867. The van der Waals surface area contributed by atoms with E-state index in [-0.39, 0.29) is 23.4 Å². The van der Waals surface area contributed by atoms with Crippen LogP contribution in [0.5, 0.6) is 0 Å². The lowest BCUT2D eigenvalue weighted by atomic mass is 10.2. The molecule has 102 valence electrons. The molecule has 0 heterocycles. The Morgan fingerprint density at radius 1 is 1.47 bits per heavy atom. The summed E-state index contributed by atoms with van der Waals surface area (Å²) >= 11 is 0. The van der Waals surface area contributed by atoms with E-state index in [2.05, 4.69) is 0 Å². The van der Waals surface area contributed by atoms with Crippen LogP contribution in [0.1, 0.15) is 17.5 Å². The van der Waals surface area contributed by atoms with Crippen molar-refractivity contribution in [1.29, 1.82) is 5.26 Å². The van der Waals surface area contributed by atoms with Gasteiger partial charge in [0.15, 0.2) is 0 Å². The zero-order valence-electron chi connectivity index (χ0n) is 10.6. The molecule has 7 heteroatoms. The average Bonchev–Trinajstić information content (AvgIpc) is 2.36.